The largest absolute Gasteiger partial charge is 0.481 e. The van der Waals surface area contributed by atoms with Crippen molar-refractivity contribution in [3.63, 3.8) is 0 Å². The molecule has 0 aromatic carbocycles. The van der Waals surface area contributed by atoms with Gasteiger partial charge in [-0.05, 0) is 13.8 Å². The lowest BCUT2D eigenvalue weighted by Crippen LogP contribution is -1.99. The van der Waals surface area contributed by atoms with Crippen LogP contribution in [0.15, 0.2) is 18.5 Å². The third-order valence-electron chi connectivity index (χ3n) is 1.75. The van der Waals surface area contributed by atoms with E-state index in [0.29, 0.717) is 6.04 Å². The average molecular weight is 194 g/mol. The van der Waals surface area contributed by atoms with E-state index in [9.17, 15) is 4.79 Å². The molecule has 0 spiro atoms. The van der Waals surface area contributed by atoms with Crippen LogP contribution in [0.5, 0.6) is 0 Å². The quantitative estimate of drug-likeness (QED) is 0.797. The van der Waals surface area contributed by atoms with E-state index in [4.69, 9.17) is 5.11 Å². The molecule has 1 aromatic rings. The van der Waals surface area contributed by atoms with Gasteiger partial charge in [-0.25, -0.2) is 0 Å². The van der Waals surface area contributed by atoms with E-state index in [2.05, 4.69) is 5.10 Å². The SMILES string of the molecule is CC(C)n1cc(C=CCC(=O)O)cn1. The minimum absolute atomic E-state index is 0.0485. The molecule has 1 N–H and O–H groups in total. The second-order valence-corrected chi connectivity index (χ2v) is 3.35. The molecule has 4 nitrogen and oxygen atoms in total. The van der Waals surface area contributed by atoms with Gasteiger partial charge in [-0.1, -0.05) is 12.2 Å². The summed E-state index contributed by atoms with van der Waals surface area (Å²) in [6.45, 7) is 4.08. The van der Waals surface area contributed by atoms with Crippen molar-refractivity contribution in [2.75, 3.05) is 0 Å². The first kappa shape index (κ1) is 10.5. The van der Waals surface area contributed by atoms with Crippen LogP contribution in [-0.2, 0) is 4.79 Å². The minimum atomic E-state index is -0.822. The number of hydrogen-bond acceptors (Lipinski definition) is 2. The third kappa shape index (κ3) is 3.05. The van der Waals surface area contributed by atoms with Gasteiger partial charge in [0.1, 0.15) is 0 Å². The zero-order valence-electron chi connectivity index (χ0n) is 8.34. The van der Waals surface area contributed by atoms with Crippen molar-refractivity contribution in [3.8, 4) is 0 Å². The van der Waals surface area contributed by atoms with Crippen LogP contribution in [0.2, 0.25) is 0 Å². The standard InChI is InChI=1S/C10H14N2O2/c1-8(2)12-7-9(6-11-12)4-3-5-10(13)14/h3-4,6-8H,5H2,1-2H3,(H,13,14). The highest BCUT2D eigenvalue weighted by molar-refractivity contribution is 5.70. The zero-order chi connectivity index (χ0) is 10.6. The summed E-state index contributed by atoms with van der Waals surface area (Å²) >= 11 is 0. The smallest absolute Gasteiger partial charge is 0.307 e. The van der Waals surface area contributed by atoms with Crippen molar-refractivity contribution >= 4 is 12.0 Å². The van der Waals surface area contributed by atoms with E-state index in [-0.39, 0.29) is 6.42 Å². The van der Waals surface area contributed by atoms with Crippen molar-refractivity contribution in [1.29, 1.82) is 0 Å². The van der Waals surface area contributed by atoms with Crippen LogP contribution in [0.25, 0.3) is 6.08 Å². The summed E-state index contributed by atoms with van der Waals surface area (Å²) in [5, 5.41) is 12.5. The maximum atomic E-state index is 10.2. The van der Waals surface area contributed by atoms with E-state index in [1.54, 1.807) is 18.3 Å². The first-order chi connectivity index (χ1) is 6.59. The predicted octanol–water partition coefficient (Wildman–Crippen LogP) is 1.95. The lowest BCUT2D eigenvalue weighted by Gasteiger charge is -2.02. The van der Waals surface area contributed by atoms with Gasteiger partial charge in [0.2, 0.25) is 0 Å². The van der Waals surface area contributed by atoms with Crippen molar-refractivity contribution < 1.29 is 9.90 Å². The van der Waals surface area contributed by atoms with E-state index >= 15 is 0 Å². The Bertz CT molecular complexity index is 340. The maximum absolute atomic E-state index is 10.2. The predicted molar refractivity (Wildman–Crippen MR) is 53.9 cm³/mol. The first-order valence-corrected chi connectivity index (χ1v) is 4.52. The molecule has 4 heteroatoms. The van der Waals surface area contributed by atoms with Crippen molar-refractivity contribution in [2.24, 2.45) is 0 Å². The molecule has 14 heavy (non-hydrogen) atoms. The van der Waals surface area contributed by atoms with Gasteiger partial charge in [0, 0.05) is 17.8 Å². The molecule has 0 radical (unpaired) electrons. The first-order valence-electron chi connectivity index (χ1n) is 4.52. The molecule has 1 rings (SSSR count). The number of carboxylic acid groups (broad SMARTS) is 1. The fourth-order valence-corrected chi connectivity index (χ4v) is 1.02. The Kier molecular flexibility index (Phi) is 3.45. The third-order valence-corrected chi connectivity index (χ3v) is 1.75. The summed E-state index contributed by atoms with van der Waals surface area (Å²) in [6.07, 6.45) is 7.04. The lowest BCUT2D eigenvalue weighted by atomic mass is 10.3. The summed E-state index contributed by atoms with van der Waals surface area (Å²) in [7, 11) is 0. The van der Waals surface area contributed by atoms with Crippen LogP contribution in [0, 0.1) is 0 Å². The topological polar surface area (TPSA) is 55.1 Å². The fraction of sp³-hybridized carbons (Fsp3) is 0.400. The Labute approximate surface area is 82.9 Å². The molecule has 0 saturated heterocycles. The van der Waals surface area contributed by atoms with Crippen LogP contribution in [0.4, 0.5) is 0 Å². The van der Waals surface area contributed by atoms with Crippen LogP contribution in [0.1, 0.15) is 31.9 Å². The van der Waals surface area contributed by atoms with E-state index in [1.165, 1.54) is 0 Å². The molecule has 0 unspecified atom stereocenters. The number of aliphatic carboxylic acids is 1. The number of carbonyl (C=O) groups is 1. The number of hydrogen-bond donors (Lipinski definition) is 1. The van der Waals surface area contributed by atoms with Gasteiger partial charge in [-0.15, -0.1) is 0 Å². The molecule has 0 fully saturated rings. The maximum Gasteiger partial charge on any atom is 0.307 e. The van der Waals surface area contributed by atoms with Crippen LogP contribution >= 0.6 is 0 Å². The highest BCUT2D eigenvalue weighted by Gasteiger charge is 1.98. The highest BCUT2D eigenvalue weighted by Crippen LogP contribution is 2.06. The average Bonchev–Trinajstić information content (AvgIpc) is 2.52. The minimum Gasteiger partial charge on any atom is -0.481 e. The Morgan fingerprint density at radius 1 is 1.71 bits per heavy atom. The van der Waals surface area contributed by atoms with E-state index in [1.807, 2.05) is 24.7 Å². The summed E-state index contributed by atoms with van der Waals surface area (Å²) in [5.41, 5.74) is 0.931. The van der Waals surface area contributed by atoms with Crippen molar-refractivity contribution in [1.82, 2.24) is 9.78 Å². The van der Waals surface area contributed by atoms with Gasteiger partial charge in [0.15, 0.2) is 0 Å². The molecule has 0 aliphatic rings. The van der Waals surface area contributed by atoms with Gasteiger partial charge in [-0.3, -0.25) is 9.48 Å². The van der Waals surface area contributed by atoms with Gasteiger partial charge in [0.25, 0.3) is 0 Å². The zero-order valence-corrected chi connectivity index (χ0v) is 8.34. The molecule has 0 saturated carbocycles. The Hall–Kier alpha value is -1.58. The van der Waals surface area contributed by atoms with Gasteiger partial charge >= 0.3 is 5.97 Å². The molecule has 1 aromatic heterocycles. The van der Waals surface area contributed by atoms with Crippen molar-refractivity contribution in [2.45, 2.75) is 26.3 Å². The second kappa shape index (κ2) is 4.60. The summed E-state index contributed by atoms with van der Waals surface area (Å²) in [4.78, 5) is 10.2. The molecule has 76 valence electrons. The fourth-order valence-electron chi connectivity index (χ4n) is 1.02. The molecule has 0 amide bonds. The molecule has 1 heterocycles. The Morgan fingerprint density at radius 3 is 2.93 bits per heavy atom. The van der Waals surface area contributed by atoms with Gasteiger partial charge < -0.3 is 5.11 Å². The molecule has 0 aliphatic carbocycles. The molecule has 0 aliphatic heterocycles. The number of nitrogens with zero attached hydrogens (tertiary/aromatic N) is 2. The molecule has 0 atom stereocenters. The van der Waals surface area contributed by atoms with Crippen LogP contribution in [0.3, 0.4) is 0 Å². The Morgan fingerprint density at radius 2 is 2.43 bits per heavy atom. The lowest BCUT2D eigenvalue weighted by molar-refractivity contribution is -0.135. The van der Waals surface area contributed by atoms with Gasteiger partial charge in [0.05, 0.1) is 12.6 Å². The Balaban J connectivity index is 2.59. The summed E-state index contributed by atoms with van der Waals surface area (Å²) in [5.74, 6) is -0.822. The molecular formula is C10H14N2O2. The summed E-state index contributed by atoms with van der Waals surface area (Å²) < 4.78 is 1.83. The molecule has 0 bridgehead atoms. The molecular weight excluding hydrogens is 180 g/mol. The van der Waals surface area contributed by atoms with Crippen LogP contribution in [-0.4, -0.2) is 20.9 Å². The van der Waals surface area contributed by atoms with Gasteiger partial charge in [-0.2, -0.15) is 5.10 Å². The number of aromatic nitrogens is 2. The number of carboxylic acids is 1. The normalized spacial score (nSPS) is 11.4. The van der Waals surface area contributed by atoms with Crippen molar-refractivity contribution in [3.05, 3.63) is 24.0 Å². The highest BCUT2D eigenvalue weighted by atomic mass is 16.4. The second-order valence-electron chi connectivity index (χ2n) is 3.35. The monoisotopic (exact) mass is 194 g/mol. The van der Waals surface area contributed by atoms with E-state index in [0.717, 1.165) is 5.56 Å². The summed E-state index contributed by atoms with van der Waals surface area (Å²) in [6, 6.07) is 0.330. The number of rotatable bonds is 4. The van der Waals surface area contributed by atoms with E-state index < -0.39 is 5.97 Å². The van der Waals surface area contributed by atoms with Crippen LogP contribution < -0.4 is 0 Å².